The van der Waals surface area contributed by atoms with Crippen molar-refractivity contribution in [1.82, 2.24) is 0 Å². The molecule has 0 atom stereocenters. The van der Waals surface area contributed by atoms with Crippen LogP contribution in [0.3, 0.4) is 0 Å². The summed E-state index contributed by atoms with van der Waals surface area (Å²) in [4.78, 5) is 12.2. The van der Waals surface area contributed by atoms with Crippen molar-refractivity contribution in [2.24, 2.45) is 0 Å². The van der Waals surface area contributed by atoms with Gasteiger partial charge in [0.25, 0.3) is 0 Å². The molecule has 0 unspecified atom stereocenters. The Balaban J connectivity index is 1.83. The lowest BCUT2D eigenvalue weighted by Crippen LogP contribution is -2.03. The van der Waals surface area contributed by atoms with E-state index in [0.717, 1.165) is 5.39 Å². The molecule has 116 valence electrons. The first-order valence-corrected chi connectivity index (χ1v) is 6.88. The van der Waals surface area contributed by atoms with Gasteiger partial charge in [0.05, 0.1) is 0 Å². The van der Waals surface area contributed by atoms with Crippen LogP contribution in [0.4, 0.5) is 8.78 Å². The van der Waals surface area contributed by atoms with Crippen LogP contribution in [0, 0.1) is 0 Å². The van der Waals surface area contributed by atoms with Crippen molar-refractivity contribution in [3.8, 4) is 5.75 Å². The van der Waals surface area contributed by atoms with Crippen LogP contribution < -0.4 is 4.74 Å². The maximum atomic E-state index is 12.4. The van der Waals surface area contributed by atoms with Crippen molar-refractivity contribution in [2.45, 2.75) is 6.61 Å². The lowest BCUT2D eigenvalue weighted by molar-refractivity contribution is -0.0499. The number of ketones is 1. The van der Waals surface area contributed by atoms with E-state index in [0.29, 0.717) is 11.1 Å². The molecule has 1 heterocycles. The molecule has 0 aliphatic heterocycles. The first-order valence-electron chi connectivity index (χ1n) is 6.88. The number of fused-ring (bicyclic) bond motifs is 1. The van der Waals surface area contributed by atoms with Gasteiger partial charge < -0.3 is 9.15 Å². The van der Waals surface area contributed by atoms with E-state index in [4.69, 9.17) is 4.42 Å². The van der Waals surface area contributed by atoms with E-state index in [1.807, 2.05) is 18.2 Å². The highest BCUT2D eigenvalue weighted by atomic mass is 19.3. The molecular weight excluding hydrogens is 302 g/mol. The van der Waals surface area contributed by atoms with E-state index in [9.17, 15) is 13.6 Å². The van der Waals surface area contributed by atoms with Crippen LogP contribution in [-0.2, 0) is 0 Å². The topological polar surface area (TPSA) is 39.4 Å². The van der Waals surface area contributed by atoms with Gasteiger partial charge in [0.15, 0.2) is 5.76 Å². The van der Waals surface area contributed by atoms with Gasteiger partial charge in [0.2, 0.25) is 5.78 Å². The standard InChI is InChI=1S/C18H12F2O3/c19-18(20)23-15-7-3-1-5-12(15)9-10-14(21)17-11-13-6-2-4-8-16(13)22-17/h1-11,18H/b10-9+. The smallest absolute Gasteiger partial charge is 0.387 e. The molecule has 1 aromatic heterocycles. The molecule has 0 saturated carbocycles. The number of para-hydroxylation sites is 2. The zero-order chi connectivity index (χ0) is 16.2. The zero-order valence-corrected chi connectivity index (χ0v) is 11.9. The summed E-state index contributed by atoms with van der Waals surface area (Å²) in [5, 5.41) is 0.825. The predicted molar refractivity (Wildman–Crippen MR) is 82.7 cm³/mol. The minimum atomic E-state index is -2.92. The highest BCUT2D eigenvalue weighted by molar-refractivity contribution is 6.07. The number of hydrogen-bond acceptors (Lipinski definition) is 3. The summed E-state index contributed by atoms with van der Waals surface area (Å²) in [6, 6.07) is 15.2. The van der Waals surface area contributed by atoms with Crippen molar-refractivity contribution in [2.75, 3.05) is 0 Å². The summed E-state index contributed by atoms with van der Waals surface area (Å²) < 4.78 is 34.6. The Kier molecular flexibility index (Phi) is 4.19. The number of alkyl halides is 2. The third-order valence-electron chi connectivity index (χ3n) is 3.22. The first kappa shape index (κ1) is 15.0. The molecule has 0 radical (unpaired) electrons. The van der Waals surface area contributed by atoms with Gasteiger partial charge in [-0.15, -0.1) is 0 Å². The molecule has 0 amide bonds. The molecule has 23 heavy (non-hydrogen) atoms. The number of benzene rings is 2. The van der Waals surface area contributed by atoms with E-state index in [1.165, 1.54) is 18.2 Å². The molecule has 0 aliphatic carbocycles. The van der Waals surface area contributed by atoms with Crippen LogP contribution in [-0.4, -0.2) is 12.4 Å². The number of rotatable bonds is 5. The average molecular weight is 314 g/mol. The quantitative estimate of drug-likeness (QED) is 0.495. The third kappa shape index (κ3) is 3.45. The van der Waals surface area contributed by atoms with Gasteiger partial charge in [-0.2, -0.15) is 8.78 Å². The SMILES string of the molecule is O=C(/C=C/c1ccccc1OC(F)F)c1cc2ccccc2o1. The Morgan fingerprint density at radius 2 is 1.83 bits per heavy atom. The second kappa shape index (κ2) is 6.44. The maximum Gasteiger partial charge on any atom is 0.387 e. The van der Waals surface area contributed by atoms with Crippen molar-refractivity contribution >= 4 is 22.8 Å². The largest absolute Gasteiger partial charge is 0.453 e. The van der Waals surface area contributed by atoms with E-state index in [2.05, 4.69) is 4.74 Å². The molecule has 0 bridgehead atoms. The fourth-order valence-electron chi connectivity index (χ4n) is 2.17. The Hall–Kier alpha value is -2.95. The van der Waals surface area contributed by atoms with Gasteiger partial charge in [-0.3, -0.25) is 4.79 Å². The second-order valence-corrected chi connectivity index (χ2v) is 4.76. The Bertz CT molecular complexity index is 832. The van der Waals surface area contributed by atoms with E-state index in [1.54, 1.807) is 30.3 Å². The van der Waals surface area contributed by atoms with Gasteiger partial charge in [-0.1, -0.05) is 36.4 Å². The Morgan fingerprint density at radius 3 is 2.61 bits per heavy atom. The van der Waals surface area contributed by atoms with Crippen LogP contribution in [0.15, 0.2) is 65.1 Å². The number of allylic oxidation sites excluding steroid dienone is 1. The fourth-order valence-corrected chi connectivity index (χ4v) is 2.17. The lowest BCUT2D eigenvalue weighted by Gasteiger charge is -2.06. The van der Waals surface area contributed by atoms with Crippen LogP contribution in [0.25, 0.3) is 17.0 Å². The molecule has 0 saturated heterocycles. The van der Waals surface area contributed by atoms with Crippen LogP contribution in [0.2, 0.25) is 0 Å². The second-order valence-electron chi connectivity index (χ2n) is 4.76. The summed E-state index contributed by atoms with van der Waals surface area (Å²) in [6.07, 6.45) is 2.69. The summed E-state index contributed by atoms with van der Waals surface area (Å²) in [7, 11) is 0. The Morgan fingerprint density at radius 1 is 1.09 bits per heavy atom. The van der Waals surface area contributed by atoms with Gasteiger partial charge in [0.1, 0.15) is 11.3 Å². The fraction of sp³-hybridized carbons (Fsp3) is 0.0556. The monoisotopic (exact) mass is 314 g/mol. The minimum absolute atomic E-state index is 0.0103. The summed E-state index contributed by atoms with van der Waals surface area (Å²) in [6.45, 7) is -2.92. The molecule has 5 heteroatoms. The minimum Gasteiger partial charge on any atom is -0.453 e. The van der Waals surface area contributed by atoms with Gasteiger partial charge >= 0.3 is 6.61 Å². The number of hydrogen-bond donors (Lipinski definition) is 0. The molecule has 3 nitrogen and oxygen atoms in total. The Labute approximate surface area is 130 Å². The molecule has 0 N–H and O–H groups in total. The zero-order valence-electron chi connectivity index (χ0n) is 11.9. The van der Waals surface area contributed by atoms with E-state index >= 15 is 0 Å². The molecule has 3 aromatic rings. The summed E-state index contributed by atoms with van der Waals surface area (Å²) in [5.41, 5.74) is 1.00. The number of carbonyl (C=O) groups excluding carboxylic acids is 1. The molecule has 0 aliphatic rings. The van der Waals surface area contributed by atoms with Gasteiger partial charge in [0, 0.05) is 10.9 Å². The van der Waals surface area contributed by atoms with Gasteiger partial charge in [-0.25, -0.2) is 0 Å². The number of furan rings is 1. The van der Waals surface area contributed by atoms with E-state index < -0.39 is 6.61 Å². The highest BCUT2D eigenvalue weighted by Gasteiger charge is 2.10. The summed E-state index contributed by atoms with van der Waals surface area (Å²) >= 11 is 0. The average Bonchev–Trinajstić information content (AvgIpc) is 2.97. The lowest BCUT2D eigenvalue weighted by atomic mass is 10.1. The normalized spacial score (nSPS) is 11.4. The van der Waals surface area contributed by atoms with E-state index in [-0.39, 0.29) is 17.3 Å². The van der Waals surface area contributed by atoms with Gasteiger partial charge in [-0.05, 0) is 30.4 Å². The number of carbonyl (C=O) groups is 1. The van der Waals surface area contributed by atoms with Crippen LogP contribution in [0.5, 0.6) is 5.75 Å². The molecule has 0 fully saturated rings. The van der Waals surface area contributed by atoms with Crippen molar-refractivity contribution in [3.63, 3.8) is 0 Å². The molecular formula is C18H12F2O3. The maximum absolute atomic E-state index is 12.4. The van der Waals surface area contributed by atoms with Crippen molar-refractivity contribution in [1.29, 1.82) is 0 Å². The predicted octanol–water partition coefficient (Wildman–Crippen LogP) is 4.93. The highest BCUT2D eigenvalue weighted by Crippen LogP contribution is 2.23. The van der Waals surface area contributed by atoms with Crippen molar-refractivity contribution in [3.05, 3.63) is 72.0 Å². The number of halogens is 2. The van der Waals surface area contributed by atoms with Crippen molar-refractivity contribution < 1.29 is 22.7 Å². The van der Waals surface area contributed by atoms with Crippen LogP contribution >= 0.6 is 0 Å². The third-order valence-corrected chi connectivity index (χ3v) is 3.22. The van der Waals surface area contributed by atoms with Crippen LogP contribution in [0.1, 0.15) is 16.1 Å². The molecule has 2 aromatic carbocycles. The molecule has 3 rings (SSSR count). The first-order chi connectivity index (χ1) is 11.1. The summed E-state index contributed by atoms with van der Waals surface area (Å²) in [5.74, 6) is -0.154. The number of ether oxygens (including phenoxy) is 1. The molecule has 0 spiro atoms.